The van der Waals surface area contributed by atoms with Crippen LogP contribution in [0.15, 0.2) is 23.6 Å². The molecule has 3 rings (SSSR count). The van der Waals surface area contributed by atoms with E-state index in [-0.39, 0.29) is 0 Å². The molecular weight excluding hydrogens is 261 g/mol. The smallest absolute Gasteiger partial charge is 0.0963 e. The lowest BCUT2D eigenvalue weighted by Gasteiger charge is -1.99. The SMILES string of the molecule is Clc1ccc(-c2csc(C3CC3)n2)cc1Cl. The highest BCUT2D eigenvalue weighted by molar-refractivity contribution is 7.10. The van der Waals surface area contributed by atoms with Crippen molar-refractivity contribution >= 4 is 34.5 Å². The van der Waals surface area contributed by atoms with Crippen molar-refractivity contribution in [1.29, 1.82) is 0 Å². The predicted octanol–water partition coefficient (Wildman–Crippen LogP) is 4.99. The molecule has 82 valence electrons. The Morgan fingerprint density at radius 3 is 2.69 bits per heavy atom. The van der Waals surface area contributed by atoms with Crippen LogP contribution in [0.5, 0.6) is 0 Å². The topological polar surface area (TPSA) is 12.9 Å². The zero-order valence-corrected chi connectivity index (χ0v) is 10.7. The molecule has 1 saturated carbocycles. The lowest BCUT2D eigenvalue weighted by atomic mass is 10.2. The Morgan fingerprint density at radius 1 is 1.19 bits per heavy atom. The largest absolute Gasteiger partial charge is 0.241 e. The van der Waals surface area contributed by atoms with Crippen LogP contribution in [0.1, 0.15) is 23.8 Å². The zero-order chi connectivity index (χ0) is 11.1. The summed E-state index contributed by atoms with van der Waals surface area (Å²) in [6, 6.07) is 5.64. The molecule has 1 aliphatic rings. The summed E-state index contributed by atoms with van der Waals surface area (Å²) in [6.07, 6.45) is 2.57. The van der Waals surface area contributed by atoms with E-state index in [1.165, 1.54) is 17.8 Å². The highest BCUT2D eigenvalue weighted by atomic mass is 35.5. The molecule has 4 heteroatoms. The van der Waals surface area contributed by atoms with Gasteiger partial charge in [-0.15, -0.1) is 11.3 Å². The molecule has 1 aromatic heterocycles. The molecule has 0 spiro atoms. The van der Waals surface area contributed by atoms with E-state index in [2.05, 4.69) is 10.4 Å². The van der Waals surface area contributed by atoms with Gasteiger partial charge in [-0.3, -0.25) is 0 Å². The number of hydrogen-bond acceptors (Lipinski definition) is 2. The van der Waals surface area contributed by atoms with Crippen LogP contribution in [0.4, 0.5) is 0 Å². The van der Waals surface area contributed by atoms with Gasteiger partial charge < -0.3 is 0 Å². The van der Waals surface area contributed by atoms with E-state index in [4.69, 9.17) is 23.2 Å². The van der Waals surface area contributed by atoms with Gasteiger partial charge in [0.15, 0.2) is 0 Å². The van der Waals surface area contributed by atoms with Gasteiger partial charge in [0, 0.05) is 16.9 Å². The number of thiazole rings is 1. The van der Waals surface area contributed by atoms with Gasteiger partial charge in [0.25, 0.3) is 0 Å². The summed E-state index contributed by atoms with van der Waals surface area (Å²) in [5.41, 5.74) is 2.04. The third kappa shape index (κ3) is 1.97. The summed E-state index contributed by atoms with van der Waals surface area (Å²) in [6.45, 7) is 0. The van der Waals surface area contributed by atoms with E-state index >= 15 is 0 Å². The van der Waals surface area contributed by atoms with E-state index in [0.29, 0.717) is 16.0 Å². The summed E-state index contributed by atoms with van der Waals surface area (Å²) in [4.78, 5) is 4.63. The second-order valence-electron chi connectivity index (χ2n) is 3.97. The fourth-order valence-corrected chi connectivity index (χ4v) is 2.89. The van der Waals surface area contributed by atoms with Crippen LogP contribution in [-0.4, -0.2) is 4.98 Å². The van der Waals surface area contributed by atoms with Crippen LogP contribution >= 0.6 is 34.5 Å². The summed E-state index contributed by atoms with van der Waals surface area (Å²) in [7, 11) is 0. The first-order valence-corrected chi connectivity index (χ1v) is 6.78. The molecule has 16 heavy (non-hydrogen) atoms. The molecule has 1 heterocycles. The molecule has 0 bridgehead atoms. The number of nitrogens with zero attached hydrogens (tertiary/aromatic N) is 1. The van der Waals surface area contributed by atoms with Crippen LogP contribution in [-0.2, 0) is 0 Å². The predicted molar refractivity (Wildman–Crippen MR) is 69.5 cm³/mol. The Labute approximate surface area is 108 Å². The van der Waals surface area contributed by atoms with Gasteiger partial charge in [-0.1, -0.05) is 29.3 Å². The van der Waals surface area contributed by atoms with Crippen molar-refractivity contribution in [2.75, 3.05) is 0 Å². The van der Waals surface area contributed by atoms with Crippen molar-refractivity contribution in [2.45, 2.75) is 18.8 Å². The lowest BCUT2D eigenvalue weighted by Crippen LogP contribution is -1.80. The van der Waals surface area contributed by atoms with Gasteiger partial charge in [-0.05, 0) is 25.0 Å². The summed E-state index contributed by atoms with van der Waals surface area (Å²) in [5, 5.41) is 4.51. The van der Waals surface area contributed by atoms with E-state index < -0.39 is 0 Å². The molecule has 0 atom stereocenters. The molecule has 0 aliphatic heterocycles. The van der Waals surface area contributed by atoms with E-state index in [0.717, 1.165) is 11.3 Å². The first-order valence-electron chi connectivity index (χ1n) is 5.15. The second kappa shape index (κ2) is 4.02. The average molecular weight is 270 g/mol. The monoisotopic (exact) mass is 269 g/mol. The molecule has 1 fully saturated rings. The minimum absolute atomic E-state index is 0.583. The fourth-order valence-electron chi connectivity index (χ4n) is 1.59. The molecule has 2 aromatic rings. The van der Waals surface area contributed by atoms with E-state index in [1.807, 2.05) is 18.2 Å². The summed E-state index contributed by atoms with van der Waals surface area (Å²) >= 11 is 13.6. The summed E-state index contributed by atoms with van der Waals surface area (Å²) in [5.74, 6) is 0.710. The minimum atomic E-state index is 0.583. The van der Waals surface area contributed by atoms with Crippen LogP contribution in [0.2, 0.25) is 10.0 Å². The van der Waals surface area contributed by atoms with Crippen molar-refractivity contribution in [3.63, 3.8) is 0 Å². The maximum absolute atomic E-state index is 5.99. The van der Waals surface area contributed by atoms with Gasteiger partial charge in [0.2, 0.25) is 0 Å². The van der Waals surface area contributed by atoms with Gasteiger partial charge in [0.1, 0.15) is 0 Å². The van der Waals surface area contributed by atoms with Gasteiger partial charge in [0.05, 0.1) is 20.7 Å². The number of rotatable bonds is 2. The lowest BCUT2D eigenvalue weighted by molar-refractivity contribution is 1.09. The van der Waals surface area contributed by atoms with Crippen molar-refractivity contribution in [3.05, 3.63) is 38.6 Å². The van der Waals surface area contributed by atoms with Crippen LogP contribution < -0.4 is 0 Å². The maximum Gasteiger partial charge on any atom is 0.0963 e. The van der Waals surface area contributed by atoms with Crippen molar-refractivity contribution in [1.82, 2.24) is 4.98 Å². The van der Waals surface area contributed by atoms with E-state index in [1.54, 1.807) is 11.3 Å². The number of aromatic nitrogens is 1. The van der Waals surface area contributed by atoms with Gasteiger partial charge in [-0.2, -0.15) is 0 Å². The highest BCUT2D eigenvalue weighted by Crippen LogP contribution is 2.42. The fraction of sp³-hybridized carbons (Fsp3) is 0.250. The van der Waals surface area contributed by atoms with Crippen molar-refractivity contribution in [2.24, 2.45) is 0 Å². The normalized spacial score (nSPS) is 15.4. The molecule has 1 aromatic carbocycles. The Kier molecular flexibility index (Phi) is 2.66. The Hall–Kier alpha value is -0.570. The first-order chi connectivity index (χ1) is 7.74. The minimum Gasteiger partial charge on any atom is -0.241 e. The quantitative estimate of drug-likeness (QED) is 0.748. The third-order valence-corrected chi connectivity index (χ3v) is 4.41. The highest BCUT2D eigenvalue weighted by Gasteiger charge is 2.26. The standard InChI is InChI=1S/C12H9Cl2NS/c13-9-4-3-8(5-10(9)14)11-6-16-12(15-11)7-1-2-7/h3-7H,1-2H2. The van der Waals surface area contributed by atoms with E-state index in [9.17, 15) is 0 Å². The summed E-state index contributed by atoms with van der Waals surface area (Å²) < 4.78 is 0. The first kappa shape index (κ1) is 10.6. The van der Waals surface area contributed by atoms with Crippen molar-refractivity contribution < 1.29 is 0 Å². The maximum atomic E-state index is 5.99. The molecule has 0 amide bonds. The molecule has 0 saturated heterocycles. The number of benzene rings is 1. The van der Waals surface area contributed by atoms with Crippen LogP contribution in [0, 0.1) is 0 Å². The Morgan fingerprint density at radius 2 is 2.00 bits per heavy atom. The molecule has 1 nitrogen and oxygen atoms in total. The molecular formula is C12H9Cl2NS. The third-order valence-electron chi connectivity index (χ3n) is 2.66. The van der Waals surface area contributed by atoms with Gasteiger partial charge >= 0.3 is 0 Å². The van der Waals surface area contributed by atoms with Crippen molar-refractivity contribution in [3.8, 4) is 11.3 Å². The molecule has 0 unspecified atom stereocenters. The molecule has 0 N–H and O–H groups in total. The molecule has 1 aliphatic carbocycles. The van der Waals surface area contributed by atoms with Crippen LogP contribution in [0.3, 0.4) is 0 Å². The van der Waals surface area contributed by atoms with Crippen LogP contribution in [0.25, 0.3) is 11.3 Å². The second-order valence-corrected chi connectivity index (χ2v) is 5.68. The Bertz CT molecular complexity index is 532. The average Bonchev–Trinajstić information content (AvgIpc) is 3.01. The Balaban J connectivity index is 1.97. The zero-order valence-electron chi connectivity index (χ0n) is 8.41. The number of halogens is 2. The van der Waals surface area contributed by atoms with Gasteiger partial charge in [-0.25, -0.2) is 4.98 Å². The molecule has 0 radical (unpaired) electrons. The number of hydrogen-bond donors (Lipinski definition) is 0.